The van der Waals surface area contributed by atoms with Crippen molar-refractivity contribution in [1.82, 2.24) is 19.9 Å². The zero-order valence-electron chi connectivity index (χ0n) is 16.6. The molecule has 1 fully saturated rings. The summed E-state index contributed by atoms with van der Waals surface area (Å²) in [6.07, 6.45) is 6.36. The van der Waals surface area contributed by atoms with E-state index in [0.29, 0.717) is 0 Å². The number of ether oxygens (including phenoxy) is 1. The maximum Gasteiger partial charge on any atom is 0.123 e. The summed E-state index contributed by atoms with van der Waals surface area (Å²) in [6, 6.07) is 12.6. The van der Waals surface area contributed by atoms with E-state index in [-0.39, 0.29) is 5.82 Å². The second-order valence-corrected chi connectivity index (χ2v) is 7.52. The van der Waals surface area contributed by atoms with Gasteiger partial charge in [0.25, 0.3) is 0 Å². The van der Waals surface area contributed by atoms with Crippen molar-refractivity contribution in [1.29, 1.82) is 0 Å². The first-order valence-electron chi connectivity index (χ1n) is 10.3. The minimum absolute atomic E-state index is 0.247. The van der Waals surface area contributed by atoms with E-state index in [9.17, 15) is 4.39 Å². The molecular formula is C24H23FN4O. The lowest BCUT2D eigenvalue weighted by Crippen LogP contribution is -2.37. The van der Waals surface area contributed by atoms with E-state index in [4.69, 9.17) is 9.72 Å². The molecule has 0 aliphatic carbocycles. The zero-order chi connectivity index (χ0) is 20.3. The standard InChI is InChI=1S/C24H23FN4O/c25-20-3-1-17(2-4-20)21-22(18-5-9-26-10-6-18)28-23-19(7-11-27-24(21)23)8-12-29-13-15-30-16-14-29/h1-7,9-11,28H,8,12-16H2. The Bertz CT molecular complexity index is 1140. The van der Waals surface area contributed by atoms with Gasteiger partial charge < -0.3 is 9.72 Å². The number of hydrogen-bond donors (Lipinski definition) is 1. The maximum atomic E-state index is 13.6. The Morgan fingerprint density at radius 3 is 2.47 bits per heavy atom. The van der Waals surface area contributed by atoms with E-state index in [1.807, 2.05) is 30.5 Å². The number of rotatable bonds is 5. The average molecular weight is 402 g/mol. The summed E-state index contributed by atoms with van der Waals surface area (Å²) < 4.78 is 19.0. The van der Waals surface area contributed by atoms with E-state index in [1.165, 1.54) is 17.7 Å². The molecule has 4 aromatic rings. The number of morpholine rings is 1. The zero-order valence-corrected chi connectivity index (χ0v) is 16.6. The van der Waals surface area contributed by atoms with Crippen LogP contribution < -0.4 is 0 Å². The molecule has 1 aliphatic rings. The lowest BCUT2D eigenvalue weighted by molar-refractivity contribution is 0.0385. The Balaban J connectivity index is 1.60. The van der Waals surface area contributed by atoms with Crippen molar-refractivity contribution in [2.24, 2.45) is 0 Å². The SMILES string of the molecule is Fc1ccc(-c2c(-c3ccncc3)[nH]c3c(CCN4CCOCC4)ccnc23)cc1. The van der Waals surface area contributed by atoms with Gasteiger partial charge in [-0.05, 0) is 47.9 Å². The van der Waals surface area contributed by atoms with E-state index in [0.717, 1.165) is 72.7 Å². The fourth-order valence-electron chi connectivity index (χ4n) is 4.08. The molecule has 0 unspecified atom stereocenters. The van der Waals surface area contributed by atoms with Gasteiger partial charge in [-0.1, -0.05) is 12.1 Å². The summed E-state index contributed by atoms with van der Waals surface area (Å²) in [7, 11) is 0. The molecule has 0 saturated carbocycles. The molecule has 0 atom stereocenters. The molecule has 4 heterocycles. The smallest absolute Gasteiger partial charge is 0.123 e. The molecule has 0 radical (unpaired) electrons. The van der Waals surface area contributed by atoms with Crippen molar-refractivity contribution < 1.29 is 9.13 Å². The summed E-state index contributed by atoms with van der Waals surface area (Å²) in [4.78, 5) is 14.9. The number of aromatic nitrogens is 3. The Morgan fingerprint density at radius 2 is 1.70 bits per heavy atom. The van der Waals surface area contributed by atoms with E-state index < -0.39 is 0 Å². The predicted octanol–water partition coefficient (Wildman–Crippen LogP) is 4.31. The second kappa shape index (κ2) is 8.34. The van der Waals surface area contributed by atoms with Crippen molar-refractivity contribution >= 4 is 11.0 Å². The third-order valence-corrected chi connectivity index (χ3v) is 5.68. The molecule has 6 heteroatoms. The summed E-state index contributed by atoms with van der Waals surface area (Å²) in [5.41, 5.74) is 7.11. The van der Waals surface area contributed by atoms with Crippen LogP contribution in [0.3, 0.4) is 0 Å². The first-order valence-corrected chi connectivity index (χ1v) is 10.3. The van der Waals surface area contributed by atoms with Gasteiger partial charge in [0.15, 0.2) is 0 Å². The Kier molecular flexibility index (Phi) is 5.26. The Hall–Kier alpha value is -3.09. The van der Waals surface area contributed by atoms with Crippen molar-refractivity contribution in [2.45, 2.75) is 6.42 Å². The summed E-state index contributed by atoms with van der Waals surface area (Å²) >= 11 is 0. The molecule has 1 aromatic carbocycles. The maximum absolute atomic E-state index is 13.6. The van der Waals surface area contributed by atoms with Crippen LogP contribution in [-0.4, -0.2) is 52.7 Å². The number of pyridine rings is 2. The van der Waals surface area contributed by atoms with Crippen LogP contribution in [0.4, 0.5) is 4.39 Å². The number of nitrogens with one attached hydrogen (secondary N) is 1. The van der Waals surface area contributed by atoms with Gasteiger partial charge in [0.1, 0.15) is 5.82 Å². The summed E-state index contributed by atoms with van der Waals surface area (Å²) in [5, 5.41) is 0. The van der Waals surface area contributed by atoms with Gasteiger partial charge in [-0.3, -0.25) is 14.9 Å². The van der Waals surface area contributed by atoms with E-state index >= 15 is 0 Å². The molecule has 0 bridgehead atoms. The molecule has 30 heavy (non-hydrogen) atoms. The van der Waals surface area contributed by atoms with Gasteiger partial charge in [-0.2, -0.15) is 0 Å². The minimum Gasteiger partial charge on any atom is -0.379 e. The Labute approximate surface area is 174 Å². The normalized spacial score (nSPS) is 15.0. The quantitative estimate of drug-likeness (QED) is 0.541. The molecule has 0 amide bonds. The minimum atomic E-state index is -0.247. The van der Waals surface area contributed by atoms with Crippen LogP contribution in [0, 0.1) is 5.82 Å². The highest BCUT2D eigenvalue weighted by Gasteiger charge is 2.19. The fourth-order valence-corrected chi connectivity index (χ4v) is 4.08. The molecule has 1 saturated heterocycles. The molecule has 5 rings (SSSR count). The largest absolute Gasteiger partial charge is 0.379 e. The Morgan fingerprint density at radius 1 is 0.933 bits per heavy atom. The van der Waals surface area contributed by atoms with Crippen LogP contribution >= 0.6 is 0 Å². The highest BCUT2D eigenvalue weighted by molar-refractivity contribution is 6.02. The second-order valence-electron chi connectivity index (χ2n) is 7.52. The molecule has 152 valence electrons. The highest BCUT2D eigenvalue weighted by Crippen LogP contribution is 2.38. The van der Waals surface area contributed by atoms with Crippen LogP contribution in [0.15, 0.2) is 61.1 Å². The van der Waals surface area contributed by atoms with Crippen molar-refractivity contribution in [2.75, 3.05) is 32.8 Å². The summed E-state index contributed by atoms with van der Waals surface area (Å²) in [6.45, 7) is 4.53. The van der Waals surface area contributed by atoms with Crippen LogP contribution in [0.5, 0.6) is 0 Å². The molecule has 1 aliphatic heterocycles. The van der Waals surface area contributed by atoms with Gasteiger partial charge in [0.2, 0.25) is 0 Å². The van der Waals surface area contributed by atoms with Gasteiger partial charge in [0.05, 0.1) is 29.9 Å². The molecule has 3 aromatic heterocycles. The monoisotopic (exact) mass is 402 g/mol. The first-order chi connectivity index (χ1) is 14.8. The number of hydrogen-bond acceptors (Lipinski definition) is 4. The highest BCUT2D eigenvalue weighted by atomic mass is 19.1. The number of halogens is 1. The number of fused-ring (bicyclic) bond motifs is 1. The fraction of sp³-hybridized carbons (Fsp3) is 0.250. The van der Waals surface area contributed by atoms with E-state index in [2.05, 4.69) is 20.9 Å². The van der Waals surface area contributed by atoms with Crippen molar-refractivity contribution in [3.05, 3.63) is 72.4 Å². The van der Waals surface area contributed by atoms with Gasteiger partial charge in [-0.15, -0.1) is 0 Å². The number of nitrogens with zero attached hydrogens (tertiary/aromatic N) is 3. The predicted molar refractivity (Wildman–Crippen MR) is 116 cm³/mol. The molecular weight excluding hydrogens is 379 g/mol. The lowest BCUT2D eigenvalue weighted by Gasteiger charge is -2.26. The van der Waals surface area contributed by atoms with Crippen molar-refractivity contribution in [3.63, 3.8) is 0 Å². The topological polar surface area (TPSA) is 54.0 Å². The van der Waals surface area contributed by atoms with Gasteiger partial charge >= 0.3 is 0 Å². The molecule has 0 spiro atoms. The van der Waals surface area contributed by atoms with Crippen LogP contribution in [0.25, 0.3) is 33.4 Å². The molecule has 5 nitrogen and oxygen atoms in total. The third kappa shape index (κ3) is 3.72. The average Bonchev–Trinajstić information content (AvgIpc) is 3.20. The third-order valence-electron chi connectivity index (χ3n) is 5.68. The lowest BCUT2D eigenvalue weighted by atomic mass is 10.0. The van der Waals surface area contributed by atoms with Crippen molar-refractivity contribution in [3.8, 4) is 22.4 Å². The van der Waals surface area contributed by atoms with Gasteiger partial charge in [-0.25, -0.2) is 4.39 Å². The number of H-pyrrole nitrogens is 1. The number of benzene rings is 1. The van der Waals surface area contributed by atoms with Gasteiger partial charge in [0, 0.05) is 49.4 Å². The summed E-state index contributed by atoms with van der Waals surface area (Å²) in [5.74, 6) is -0.247. The van der Waals surface area contributed by atoms with Crippen LogP contribution in [0.2, 0.25) is 0 Å². The van der Waals surface area contributed by atoms with Crippen LogP contribution in [0.1, 0.15) is 5.56 Å². The van der Waals surface area contributed by atoms with E-state index in [1.54, 1.807) is 12.4 Å². The number of aromatic amines is 1. The van der Waals surface area contributed by atoms with Crippen LogP contribution in [-0.2, 0) is 11.2 Å². The molecule has 1 N–H and O–H groups in total. The first kappa shape index (κ1) is 18.9.